The van der Waals surface area contributed by atoms with Crippen LogP contribution >= 0.6 is 0 Å². The molecular weight excluding hydrogens is 334 g/mol. The number of hydrogen-bond donors (Lipinski definition) is 0. The van der Waals surface area contributed by atoms with Crippen molar-refractivity contribution >= 4 is 21.4 Å². The SMILES string of the molecule is Cc1ccc(N(C(=O)c2cc(C)cc(C)c2)[C@@H]2C=CS(=O)(=O)C2)cc1. The van der Waals surface area contributed by atoms with Crippen LogP contribution in [0.5, 0.6) is 0 Å². The van der Waals surface area contributed by atoms with Crippen LogP contribution < -0.4 is 4.90 Å². The van der Waals surface area contributed by atoms with E-state index in [0.29, 0.717) is 11.3 Å². The zero-order valence-corrected chi connectivity index (χ0v) is 15.4. The molecular formula is C20H21NO3S. The van der Waals surface area contributed by atoms with E-state index in [4.69, 9.17) is 0 Å². The highest BCUT2D eigenvalue weighted by Gasteiger charge is 2.32. The molecule has 5 heteroatoms. The van der Waals surface area contributed by atoms with Crippen molar-refractivity contribution in [1.82, 2.24) is 0 Å². The number of rotatable bonds is 3. The summed E-state index contributed by atoms with van der Waals surface area (Å²) < 4.78 is 23.7. The highest BCUT2D eigenvalue weighted by Crippen LogP contribution is 2.26. The van der Waals surface area contributed by atoms with Crippen LogP contribution in [0, 0.1) is 20.8 Å². The monoisotopic (exact) mass is 355 g/mol. The van der Waals surface area contributed by atoms with E-state index in [0.717, 1.165) is 16.7 Å². The number of carbonyl (C=O) groups excluding carboxylic acids is 1. The maximum absolute atomic E-state index is 13.2. The van der Waals surface area contributed by atoms with Gasteiger partial charge in [-0.25, -0.2) is 8.42 Å². The molecule has 0 bridgehead atoms. The molecule has 1 aliphatic heterocycles. The average molecular weight is 355 g/mol. The minimum atomic E-state index is -3.26. The number of sulfone groups is 1. The lowest BCUT2D eigenvalue weighted by molar-refractivity contribution is 0.0983. The average Bonchev–Trinajstić information content (AvgIpc) is 2.88. The normalized spacial score (nSPS) is 18.3. The van der Waals surface area contributed by atoms with Crippen molar-refractivity contribution in [2.75, 3.05) is 10.7 Å². The Morgan fingerprint density at radius 1 is 0.960 bits per heavy atom. The van der Waals surface area contributed by atoms with E-state index >= 15 is 0 Å². The Balaban J connectivity index is 2.06. The van der Waals surface area contributed by atoms with Gasteiger partial charge in [-0.2, -0.15) is 0 Å². The van der Waals surface area contributed by atoms with Crippen molar-refractivity contribution in [2.24, 2.45) is 0 Å². The van der Waals surface area contributed by atoms with Gasteiger partial charge in [-0.1, -0.05) is 34.9 Å². The molecule has 25 heavy (non-hydrogen) atoms. The summed E-state index contributed by atoms with van der Waals surface area (Å²) in [6.45, 7) is 5.86. The number of hydrogen-bond acceptors (Lipinski definition) is 3. The van der Waals surface area contributed by atoms with E-state index in [1.807, 2.05) is 63.2 Å². The summed E-state index contributed by atoms with van der Waals surface area (Å²) in [6.07, 6.45) is 1.59. The predicted octanol–water partition coefficient (Wildman–Crippen LogP) is 3.57. The van der Waals surface area contributed by atoms with Crippen molar-refractivity contribution < 1.29 is 13.2 Å². The van der Waals surface area contributed by atoms with Gasteiger partial charge in [-0.05, 0) is 51.1 Å². The van der Waals surface area contributed by atoms with Crippen LogP contribution in [0.25, 0.3) is 0 Å². The zero-order chi connectivity index (χ0) is 18.2. The van der Waals surface area contributed by atoms with Crippen molar-refractivity contribution in [3.05, 3.63) is 76.2 Å². The Kier molecular flexibility index (Phi) is 4.52. The van der Waals surface area contributed by atoms with Crippen LogP contribution in [0.4, 0.5) is 5.69 Å². The molecule has 2 aromatic carbocycles. The van der Waals surface area contributed by atoms with E-state index in [9.17, 15) is 13.2 Å². The van der Waals surface area contributed by atoms with Gasteiger partial charge in [0, 0.05) is 16.7 Å². The van der Waals surface area contributed by atoms with Crippen molar-refractivity contribution in [3.63, 3.8) is 0 Å². The third-order valence-electron chi connectivity index (χ3n) is 4.24. The van der Waals surface area contributed by atoms with Gasteiger partial charge in [0.15, 0.2) is 9.84 Å². The fourth-order valence-electron chi connectivity index (χ4n) is 3.12. The summed E-state index contributed by atoms with van der Waals surface area (Å²) in [5.41, 5.74) is 4.35. The molecule has 1 aliphatic rings. The van der Waals surface area contributed by atoms with Gasteiger partial charge in [0.2, 0.25) is 0 Å². The van der Waals surface area contributed by atoms with Crippen LogP contribution in [0.1, 0.15) is 27.0 Å². The number of aryl methyl sites for hydroxylation is 3. The van der Waals surface area contributed by atoms with Gasteiger partial charge < -0.3 is 4.90 Å². The highest BCUT2D eigenvalue weighted by atomic mass is 32.2. The Hall–Kier alpha value is -2.40. The fraction of sp³-hybridized carbons (Fsp3) is 0.250. The Morgan fingerprint density at radius 2 is 1.56 bits per heavy atom. The van der Waals surface area contributed by atoms with E-state index in [1.165, 1.54) is 5.41 Å². The standard InChI is InChI=1S/C20H21NO3S/c1-14-4-6-18(7-5-14)21(19-8-9-25(23,24)13-19)20(22)17-11-15(2)10-16(3)12-17/h4-12,19H,13H2,1-3H3/t19-/m1/s1. The molecule has 2 aromatic rings. The third kappa shape index (κ3) is 3.82. The first kappa shape index (κ1) is 17.4. The molecule has 1 amide bonds. The van der Waals surface area contributed by atoms with Crippen LogP contribution in [0.15, 0.2) is 53.9 Å². The Bertz CT molecular complexity index is 923. The summed E-state index contributed by atoms with van der Waals surface area (Å²) in [7, 11) is -3.26. The molecule has 1 heterocycles. The van der Waals surface area contributed by atoms with Gasteiger partial charge in [0.05, 0.1) is 11.8 Å². The van der Waals surface area contributed by atoms with Gasteiger partial charge in [-0.15, -0.1) is 0 Å². The molecule has 0 N–H and O–H groups in total. The maximum atomic E-state index is 13.2. The molecule has 0 fully saturated rings. The van der Waals surface area contributed by atoms with E-state index < -0.39 is 15.9 Å². The first-order valence-electron chi connectivity index (χ1n) is 8.15. The van der Waals surface area contributed by atoms with Gasteiger partial charge in [0.1, 0.15) is 0 Å². The van der Waals surface area contributed by atoms with Gasteiger partial charge in [-0.3, -0.25) is 4.79 Å². The van der Waals surface area contributed by atoms with Crippen molar-refractivity contribution in [2.45, 2.75) is 26.8 Å². The molecule has 0 unspecified atom stereocenters. The van der Waals surface area contributed by atoms with Crippen LogP contribution in [0.3, 0.4) is 0 Å². The quantitative estimate of drug-likeness (QED) is 0.846. The second-order valence-corrected chi connectivity index (χ2v) is 8.54. The molecule has 4 nitrogen and oxygen atoms in total. The molecule has 0 aliphatic carbocycles. The van der Waals surface area contributed by atoms with E-state index in [2.05, 4.69) is 0 Å². The van der Waals surface area contributed by atoms with Crippen LogP contribution in [-0.4, -0.2) is 26.1 Å². The minimum Gasteiger partial charge on any atom is -0.300 e. The molecule has 0 aromatic heterocycles. The number of carbonyl (C=O) groups is 1. The molecule has 130 valence electrons. The molecule has 0 spiro atoms. The number of amides is 1. The highest BCUT2D eigenvalue weighted by molar-refractivity contribution is 7.94. The summed E-state index contributed by atoms with van der Waals surface area (Å²) >= 11 is 0. The Morgan fingerprint density at radius 3 is 2.08 bits per heavy atom. The smallest absolute Gasteiger partial charge is 0.258 e. The van der Waals surface area contributed by atoms with Crippen LogP contribution in [0.2, 0.25) is 0 Å². The predicted molar refractivity (Wildman–Crippen MR) is 101 cm³/mol. The summed E-state index contributed by atoms with van der Waals surface area (Å²) in [5.74, 6) is -0.278. The number of anilines is 1. The summed E-state index contributed by atoms with van der Waals surface area (Å²) in [5, 5.41) is 1.20. The van der Waals surface area contributed by atoms with Crippen LogP contribution in [-0.2, 0) is 9.84 Å². The lowest BCUT2D eigenvalue weighted by atomic mass is 10.0. The minimum absolute atomic E-state index is 0.0859. The number of benzene rings is 2. The van der Waals surface area contributed by atoms with E-state index in [-0.39, 0.29) is 11.7 Å². The first-order chi connectivity index (χ1) is 11.7. The largest absolute Gasteiger partial charge is 0.300 e. The van der Waals surface area contributed by atoms with Gasteiger partial charge >= 0.3 is 0 Å². The Labute approximate surface area is 148 Å². The molecule has 0 radical (unpaired) electrons. The third-order valence-corrected chi connectivity index (χ3v) is 5.62. The van der Waals surface area contributed by atoms with Gasteiger partial charge in [0.25, 0.3) is 5.91 Å². The van der Waals surface area contributed by atoms with Crippen molar-refractivity contribution in [3.8, 4) is 0 Å². The molecule has 0 saturated heterocycles. The topological polar surface area (TPSA) is 54.5 Å². The van der Waals surface area contributed by atoms with Crippen molar-refractivity contribution in [1.29, 1.82) is 0 Å². The second kappa shape index (κ2) is 6.48. The zero-order valence-electron chi connectivity index (χ0n) is 14.6. The second-order valence-electron chi connectivity index (χ2n) is 6.61. The lowest BCUT2D eigenvalue weighted by Gasteiger charge is -2.28. The summed E-state index contributed by atoms with van der Waals surface area (Å²) in [6, 6.07) is 12.7. The maximum Gasteiger partial charge on any atom is 0.258 e. The molecule has 1 atom stereocenters. The number of nitrogens with zero attached hydrogens (tertiary/aromatic N) is 1. The summed E-state index contributed by atoms with van der Waals surface area (Å²) in [4.78, 5) is 14.8. The first-order valence-corrected chi connectivity index (χ1v) is 9.86. The molecule has 0 saturated carbocycles. The lowest BCUT2D eigenvalue weighted by Crippen LogP contribution is -2.41. The fourth-order valence-corrected chi connectivity index (χ4v) is 4.39. The van der Waals surface area contributed by atoms with E-state index in [1.54, 1.807) is 11.0 Å². The molecule has 3 rings (SSSR count).